The van der Waals surface area contributed by atoms with Gasteiger partial charge in [-0.15, -0.1) is 0 Å². The first-order chi connectivity index (χ1) is 9.04. The molecule has 0 spiro atoms. The quantitative estimate of drug-likeness (QED) is 0.585. The highest BCUT2D eigenvalue weighted by molar-refractivity contribution is 14.1. The molecule has 0 unspecified atom stereocenters. The molecule has 2 nitrogen and oxygen atoms in total. The average Bonchev–Trinajstić information content (AvgIpc) is 2.37. The molecule has 0 bridgehead atoms. The van der Waals surface area contributed by atoms with Crippen molar-refractivity contribution >= 4 is 51.3 Å². The summed E-state index contributed by atoms with van der Waals surface area (Å²) in [6.45, 7) is 1.72. The summed E-state index contributed by atoms with van der Waals surface area (Å²) >= 11 is 7.45. The maximum Gasteiger partial charge on any atom is 0.175 e. The lowest BCUT2D eigenvalue weighted by atomic mass is 10.2. The molecular formula is C14H12FIN2S. The number of hydrogen-bond acceptors (Lipinski definition) is 1. The Morgan fingerprint density at radius 2 is 1.63 bits per heavy atom. The molecule has 0 atom stereocenters. The van der Waals surface area contributed by atoms with E-state index in [0.29, 0.717) is 10.7 Å². The molecule has 0 aliphatic carbocycles. The predicted molar refractivity (Wildman–Crippen MR) is 90.1 cm³/mol. The lowest BCUT2D eigenvalue weighted by Crippen LogP contribution is -2.19. The van der Waals surface area contributed by atoms with Gasteiger partial charge in [-0.3, -0.25) is 0 Å². The van der Waals surface area contributed by atoms with Crippen LogP contribution in [0.1, 0.15) is 5.56 Å². The largest absolute Gasteiger partial charge is 0.332 e. The lowest BCUT2D eigenvalue weighted by molar-refractivity contribution is 0.619. The molecule has 0 fully saturated rings. The molecule has 0 saturated heterocycles. The zero-order valence-electron chi connectivity index (χ0n) is 10.2. The molecule has 2 N–H and O–H groups in total. The van der Waals surface area contributed by atoms with Crippen LogP contribution in [0.15, 0.2) is 42.5 Å². The second-order valence-corrected chi connectivity index (χ2v) is 5.70. The number of aryl methyl sites for hydroxylation is 1. The van der Waals surface area contributed by atoms with E-state index in [0.717, 1.165) is 14.9 Å². The standard InChI is InChI=1S/C14H12FIN2S/c1-9-8-12(6-7-13(9)15)18-14(19)17-11-4-2-10(16)3-5-11/h2-8H,1H3,(H2,17,18,19). The highest BCUT2D eigenvalue weighted by Crippen LogP contribution is 2.15. The summed E-state index contributed by atoms with van der Waals surface area (Å²) in [7, 11) is 0. The van der Waals surface area contributed by atoms with Crippen LogP contribution in [0.4, 0.5) is 15.8 Å². The van der Waals surface area contributed by atoms with Gasteiger partial charge in [0.25, 0.3) is 0 Å². The Labute approximate surface area is 130 Å². The van der Waals surface area contributed by atoms with Crippen molar-refractivity contribution in [3.63, 3.8) is 0 Å². The summed E-state index contributed by atoms with van der Waals surface area (Å²) < 4.78 is 14.3. The van der Waals surface area contributed by atoms with Crippen molar-refractivity contribution in [3.8, 4) is 0 Å². The fourth-order valence-electron chi connectivity index (χ4n) is 1.55. The molecule has 0 aliphatic rings. The third-order valence-corrected chi connectivity index (χ3v) is 3.44. The Morgan fingerprint density at radius 1 is 1.05 bits per heavy atom. The normalized spacial score (nSPS) is 10.1. The first-order valence-corrected chi connectivity index (χ1v) is 7.13. The number of thiocarbonyl (C=S) groups is 1. The topological polar surface area (TPSA) is 24.1 Å². The first kappa shape index (κ1) is 14.2. The van der Waals surface area contributed by atoms with Gasteiger partial charge in [0.2, 0.25) is 0 Å². The summed E-state index contributed by atoms with van der Waals surface area (Å²) in [5.41, 5.74) is 2.26. The van der Waals surface area contributed by atoms with E-state index in [9.17, 15) is 4.39 Å². The average molecular weight is 386 g/mol. The zero-order chi connectivity index (χ0) is 13.8. The van der Waals surface area contributed by atoms with Gasteiger partial charge in [-0.1, -0.05) is 0 Å². The van der Waals surface area contributed by atoms with Gasteiger partial charge in [0.05, 0.1) is 0 Å². The van der Waals surface area contributed by atoms with E-state index in [2.05, 4.69) is 33.2 Å². The third-order valence-electron chi connectivity index (χ3n) is 2.52. The fraction of sp³-hybridized carbons (Fsp3) is 0.0714. The van der Waals surface area contributed by atoms with Crippen molar-refractivity contribution in [2.75, 3.05) is 10.6 Å². The lowest BCUT2D eigenvalue weighted by Gasteiger charge is -2.11. The minimum absolute atomic E-state index is 0.220. The van der Waals surface area contributed by atoms with Crippen LogP contribution < -0.4 is 10.6 Å². The molecule has 2 aromatic rings. The van der Waals surface area contributed by atoms with Gasteiger partial charge in [-0.2, -0.15) is 0 Å². The molecule has 0 heterocycles. The van der Waals surface area contributed by atoms with Crippen molar-refractivity contribution < 1.29 is 4.39 Å². The van der Waals surface area contributed by atoms with E-state index in [-0.39, 0.29) is 5.82 Å². The minimum atomic E-state index is -0.220. The van der Waals surface area contributed by atoms with Crippen LogP contribution in [0, 0.1) is 16.3 Å². The summed E-state index contributed by atoms with van der Waals surface area (Å²) in [6, 6.07) is 12.7. The molecule has 0 aliphatic heterocycles. The molecule has 2 rings (SSSR count). The Bertz CT molecular complexity index is 599. The van der Waals surface area contributed by atoms with Crippen LogP contribution in [0.2, 0.25) is 0 Å². The predicted octanol–water partition coefficient (Wildman–Crippen LogP) is 4.55. The van der Waals surface area contributed by atoms with E-state index >= 15 is 0 Å². The molecule has 0 amide bonds. The van der Waals surface area contributed by atoms with Gasteiger partial charge >= 0.3 is 0 Å². The molecule has 5 heteroatoms. The van der Waals surface area contributed by atoms with Crippen molar-refractivity contribution in [1.82, 2.24) is 0 Å². The number of rotatable bonds is 2. The van der Waals surface area contributed by atoms with Crippen LogP contribution in [0.3, 0.4) is 0 Å². The highest BCUT2D eigenvalue weighted by Gasteiger charge is 2.02. The van der Waals surface area contributed by atoms with Crippen molar-refractivity contribution in [3.05, 3.63) is 57.4 Å². The molecule has 98 valence electrons. The van der Waals surface area contributed by atoms with Gasteiger partial charge in [-0.05, 0) is 89.8 Å². The van der Waals surface area contributed by atoms with Crippen LogP contribution in [0.5, 0.6) is 0 Å². The number of anilines is 2. The number of hydrogen-bond donors (Lipinski definition) is 2. The summed E-state index contributed by atoms with van der Waals surface area (Å²) in [4.78, 5) is 0. The van der Waals surface area contributed by atoms with Gasteiger partial charge in [0.15, 0.2) is 5.11 Å². The van der Waals surface area contributed by atoms with Crippen LogP contribution in [0.25, 0.3) is 0 Å². The molecule has 0 radical (unpaired) electrons. The van der Waals surface area contributed by atoms with Gasteiger partial charge < -0.3 is 10.6 Å². The maximum atomic E-state index is 13.1. The zero-order valence-corrected chi connectivity index (χ0v) is 13.2. The smallest absolute Gasteiger partial charge is 0.175 e. The summed E-state index contributed by atoms with van der Waals surface area (Å²) in [5.74, 6) is -0.220. The molecule has 19 heavy (non-hydrogen) atoms. The van der Waals surface area contributed by atoms with Crippen LogP contribution in [-0.4, -0.2) is 5.11 Å². The summed E-state index contributed by atoms with van der Waals surface area (Å²) in [5, 5.41) is 6.58. The SMILES string of the molecule is Cc1cc(NC(=S)Nc2ccc(I)cc2)ccc1F. The van der Waals surface area contributed by atoms with E-state index in [1.807, 2.05) is 24.3 Å². The van der Waals surface area contributed by atoms with Crippen molar-refractivity contribution in [2.45, 2.75) is 6.92 Å². The van der Waals surface area contributed by atoms with Gasteiger partial charge in [0, 0.05) is 14.9 Å². The number of nitrogens with one attached hydrogen (secondary N) is 2. The monoisotopic (exact) mass is 386 g/mol. The molecular weight excluding hydrogens is 374 g/mol. The second-order valence-electron chi connectivity index (χ2n) is 4.05. The van der Waals surface area contributed by atoms with Crippen LogP contribution >= 0.6 is 34.8 Å². The van der Waals surface area contributed by atoms with E-state index in [4.69, 9.17) is 12.2 Å². The van der Waals surface area contributed by atoms with Gasteiger partial charge in [-0.25, -0.2) is 4.39 Å². The minimum Gasteiger partial charge on any atom is -0.332 e. The molecule has 0 saturated carbocycles. The molecule has 2 aromatic carbocycles. The first-order valence-electron chi connectivity index (χ1n) is 5.64. The fourth-order valence-corrected chi connectivity index (χ4v) is 2.14. The van der Waals surface area contributed by atoms with Crippen molar-refractivity contribution in [1.29, 1.82) is 0 Å². The highest BCUT2D eigenvalue weighted by atomic mass is 127. The second kappa shape index (κ2) is 6.29. The Hall–Kier alpha value is -1.21. The maximum absolute atomic E-state index is 13.1. The Kier molecular flexibility index (Phi) is 4.71. The van der Waals surface area contributed by atoms with Gasteiger partial charge in [0.1, 0.15) is 5.82 Å². The Balaban J connectivity index is 2.01. The number of benzene rings is 2. The number of halogens is 2. The van der Waals surface area contributed by atoms with Crippen LogP contribution in [-0.2, 0) is 0 Å². The van der Waals surface area contributed by atoms with E-state index in [1.54, 1.807) is 19.1 Å². The Morgan fingerprint density at radius 3 is 2.26 bits per heavy atom. The third kappa shape index (κ3) is 4.14. The molecule has 0 aromatic heterocycles. The summed E-state index contributed by atoms with van der Waals surface area (Å²) in [6.07, 6.45) is 0. The van der Waals surface area contributed by atoms with Crippen molar-refractivity contribution in [2.24, 2.45) is 0 Å². The van der Waals surface area contributed by atoms with E-state index < -0.39 is 0 Å². The van der Waals surface area contributed by atoms with E-state index in [1.165, 1.54) is 6.07 Å².